The van der Waals surface area contributed by atoms with Crippen LogP contribution in [-0.2, 0) is 6.42 Å². The third-order valence-corrected chi connectivity index (χ3v) is 2.67. The molecule has 0 unspecified atom stereocenters. The summed E-state index contributed by atoms with van der Waals surface area (Å²) in [4.78, 5) is 4.21. The van der Waals surface area contributed by atoms with Crippen LogP contribution in [0.4, 0.5) is 5.82 Å². The zero-order valence-corrected chi connectivity index (χ0v) is 10.2. The van der Waals surface area contributed by atoms with E-state index in [1.54, 1.807) is 0 Å². The van der Waals surface area contributed by atoms with Gasteiger partial charge in [-0.15, -0.1) is 0 Å². The average Bonchev–Trinajstić information content (AvgIpc) is 3.01. The number of benzene rings is 1. The minimum absolute atomic E-state index is 0.130. The maximum Gasteiger partial charge on any atom is 0.284 e. The molecule has 0 fully saturated rings. The Morgan fingerprint density at radius 1 is 1.11 bits per heavy atom. The SMILES string of the molecule is Cc1ccc(Cc2noc(-c3nonc3N)n2)cc1. The predicted octanol–water partition coefficient (Wildman–Crippen LogP) is 1.60. The maximum atomic E-state index is 5.56. The minimum Gasteiger partial charge on any atom is -0.379 e. The van der Waals surface area contributed by atoms with Crippen LogP contribution in [0, 0.1) is 6.92 Å². The van der Waals surface area contributed by atoms with Gasteiger partial charge in [0, 0.05) is 6.42 Å². The highest BCUT2D eigenvalue weighted by atomic mass is 16.6. The van der Waals surface area contributed by atoms with Crippen molar-refractivity contribution in [2.24, 2.45) is 0 Å². The van der Waals surface area contributed by atoms with Crippen molar-refractivity contribution in [1.82, 2.24) is 20.5 Å². The van der Waals surface area contributed by atoms with Gasteiger partial charge in [-0.3, -0.25) is 0 Å². The molecule has 0 aliphatic heterocycles. The molecule has 2 aromatic heterocycles. The minimum atomic E-state index is 0.130. The summed E-state index contributed by atoms with van der Waals surface area (Å²) in [6.45, 7) is 2.04. The van der Waals surface area contributed by atoms with Gasteiger partial charge in [-0.2, -0.15) is 4.98 Å². The number of hydrogen-bond acceptors (Lipinski definition) is 7. The van der Waals surface area contributed by atoms with E-state index in [-0.39, 0.29) is 17.4 Å². The van der Waals surface area contributed by atoms with Gasteiger partial charge in [0.25, 0.3) is 5.89 Å². The number of nitrogens with zero attached hydrogens (tertiary/aromatic N) is 4. The summed E-state index contributed by atoms with van der Waals surface area (Å²) >= 11 is 0. The van der Waals surface area contributed by atoms with E-state index in [1.807, 2.05) is 31.2 Å². The normalized spacial score (nSPS) is 10.8. The van der Waals surface area contributed by atoms with Crippen molar-refractivity contribution >= 4 is 5.82 Å². The van der Waals surface area contributed by atoms with E-state index in [4.69, 9.17) is 10.3 Å². The molecule has 0 saturated heterocycles. The third-order valence-electron chi connectivity index (χ3n) is 2.67. The van der Waals surface area contributed by atoms with E-state index in [9.17, 15) is 0 Å². The molecule has 7 heteroatoms. The maximum absolute atomic E-state index is 5.56. The highest BCUT2D eigenvalue weighted by molar-refractivity contribution is 5.60. The van der Waals surface area contributed by atoms with Gasteiger partial charge in [-0.1, -0.05) is 35.0 Å². The smallest absolute Gasteiger partial charge is 0.284 e. The van der Waals surface area contributed by atoms with E-state index >= 15 is 0 Å². The summed E-state index contributed by atoms with van der Waals surface area (Å²) in [5.41, 5.74) is 8.13. The third kappa shape index (κ3) is 2.30. The molecule has 0 radical (unpaired) electrons. The van der Waals surface area contributed by atoms with Crippen molar-refractivity contribution in [2.75, 3.05) is 5.73 Å². The number of aryl methyl sites for hydroxylation is 1. The number of hydrogen-bond donors (Lipinski definition) is 1. The highest BCUT2D eigenvalue weighted by Crippen LogP contribution is 2.20. The second-order valence-electron chi connectivity index (χ2n) is 4.18. The topological polar surface area (TPSA) is 104 Å². The molecule has 0 aliphatic rings. The fourth-order valence-electron chi connectivity index (χ4n) is 1.65. The lowest BCUT2D eigenvalue weighted by molar-refractivity contribution is 0.308. The molecule has 2 N–H and O–H groups in total. The van der Waals surface area contributed by atoms with Gasteiger partial charge < -0.3 is 10.3 Å². The fourth-order valence-corrected chi connectivity index (χ4v) is 1.65. The Hall–Kier alpha value is -2.70. The van der Waals surface area contributed by atoms with E-state index in [2.05, 4.69) is 25.1 Å². The zero-order chi connectivity index (χ0) is 13.2. The molecular weight excluding hydrogens is 246 g/mol. The Bertz CT molecular complexity index is 686. The van der Waals surface area contributed by atoms with Crippen LogP contribution in [0.5, 0.6) is 0 Å². The molecule has 0 bridgehead atoms. The Morgan fingerprint density at radius 3 is 2.58 bits per heavy atom. The standard InChI is InChI=1S/C12H11N5O2/c1-7-2-4-8(5-3-7)6-9-14-12(18-15-9)10-11(13)17-19-16-10/h2-5H,6H2,1H3,(H2,13,17). The first-order valence-electron chi connectivity index (χ1n) is 5.69. The molecule has 3 rings (SSSR count). The quantitative estimate of drug-likeness (QED) is 0.759. The summed E-state index contributed by atoms with van der Waals surface area (Å²) in [6.07, 6.45) is 0.578. The van der Waals surface area contributed by atoms with Crippen LogP contribution in [0.15, 0.2) is 33.4 Å². The molecule has 1 aromatic carbocycles. The van der Waals surface area contributed by atoms with E-state index in [1.165, 1.54) is 5.56 Å². The van der Waals surface area contributed by atoms with Crippen molar-refractivity contribution in [3.63, 3.8) is 0 Å². The first kappa shape index (κ1) is 11.4. The van der Waals surface area contributed by atoms with Crippen molar-refractivity contribution in [1.29, 1.82) is 0 Å². The number of nitrogen functional groups attached to an aromatic ring is 1. The number of rotatable bonds is 3. The van der Waals surface area contributed by atoms with Gasteiger partial charge in [0.1, 0.15) is 0 Å². The van der Waals surface area contributed by atoms with E-state index < -0.39 is 0 Å². The fraction of sp³-hybridized carbons (Fsp3) is 0.167. The second-order valence-corrected chi connectivity index (χ2v) is 4.18. The predicted molar refractivity (Wildman–Crippen MR) is 66.0 cm³/mol. The van der Waals surface area contributed by atoms with Crippen LogP contribution < -0.4 is 5.73 Å². The Morgan fingerprint density at radius 2 is 1.89 bits per heavy atom. The van der Waals surface area contributed by atoms with Crippen LogP contribution in [0.2, 0.25) is 0 Å². The highest BCUT2D eigenvalue weighted by Gasteiger charge is 2.17. The monoisotopic (exact) mass is 257 g/mol. The first-order valence-corrected chi connectivity index (χ1v) is 5.69. The Kier molecular flexibility index (Phi) is 2.71. The molecule has 0 amide bonds. The molecule has 3 aromatic rings. The lowest BCUT2D eigenvalue weighted by Crippen LogP contribution is -1.92. The number of nitrogens with two attached hydrogens (primary N) is 1. The largest absolute Gasteiger partial charge is 0.379 e. The lowest BCUT2D eigenvalue weighted by atomic mass is 10.1. The number of anilines is 1. The molecule has 0 saturated carbocycles. The summed E-state index contributed by atoms with van der Waals surface area (Å²) in [5.74, 6) is 0.896. The second kappa shape index (κ2) is 4.52. The van der Waals surface area contributed by atoms with Gasteiger partial charge in [-0.25, -0.2) is 4.63 Å². The molecule has 0 spiro atoms. The molecular formula is C12H11N5O2. The van der Waals surface area contributed by atoms with Crippen LogP contribution in [0.1, 0.15) is 17.0 Å². The van der Waals surface area contributed by atoms with Crippen LogP contribution in [0.25, 0.3) is 11.6 Å². The summed E-state index contributed by atoms with van der Waals surface area (Å²) in [7, 11) is 0. The van der Waals surface area contributed by atoms with E-state index in [0.29, 0.717) is 12.2 Å². The molecule has 2 heterocycles. The molecule has 19 heavy (non-hydrogen) atoms. The molecule has 7 nitrogen and oxygen atoms in total. The van der Waals surface area contributed by atoms with Crippen LogP contribution in [-0.4, -0.2) is 20.5 Å². The van der Waals surface area contributed by atoms with Crippen LogP contribution >= 0.6 is 0 Å². The Balaban J connectivity index is 1.82. The van der Waals surface area contributed by atoms with Gasteiger partial charge in [0.2, 0.25) is 11.5 Å². The summed E-state index contributed by atoms with van der Waals surface area (Å²) in [6, 6.07) is 8.13. The number of aromatic nitrogens is 4. The Labute approximate surface area is 108 Å². The van der Waals surface area contributed by atoms with Gasteiger partial charge in [0.15, 0.2) is 5.82 Å². The summed E-state index contributed by atoms with van der Waals surface area (Å²) in [5, 5.41) is 11.0. The van der Waals surface area contributed by atoms with Crippen molar-refractivity contribution in [3.8, 4) is 11.6 Å². The summed E-state index contributed by atoms with van der Waals surface area (Å²) < 4.78 is 9.57. The van der Waals surface area contributed by atoms with Gasteiger partial charge in [0.05, 0.1) is 0 Å². The lowest BCUT2D eigenvalue weighted by Gasteiger charge is -1.96. The zero-order valence-electron chi connectivity index (χ0n) is 10.2. The molecule has 0 atom stereocenters. The van der Waals surface area contributed by atoms with Crippen molar-refractivity contribution < 1.29 is 9.15 Å². The van der Waals surface area contributed by atoms with Gasteiger partial charge in [-0.05, 0) is 22.8 Å². The molecule has 96 valence electrons. The van der Waals surface area contributed by atoms with E-state index in [0.717, 1.165) is 5.56 Å². The first-order chi connectivity index (χ1) is 9.22. The average molecular weight is 257 g/mol. The van der Waals surface area contributed by atoms with Crippen molar-refractivity contribution in [3.05, 3.63) is 41.2 Å². The van der Waals surface area contributed by atoms with Crippen LogP contribution in [0.3, 0.4) is 0 Å². The van der Waals surface area contributed by atoms with Crippen molar-refractivity contribution in [2.45, 2.75) is 13.3 Å². The van der Waals surface area contributed by atoms with Gasteiger partial charge >= 0.3 is 0 Å². The molecule has 0 aliphatic carbocycles.